The highest BCUT2D eigenvalue weighted by Gasteiger charge is 1.59. The van der Waals surface area contributed by atoms with Gasteiger partial charge in [0.15, 0.2) is 0 Å². The van der Waals surface area contributed by atoms with Gasteiger partial charge in [-0.1, -0.05) is 0 Å². The van der Waals surface area contributed by atoms with Gasteiger partial charge in [0.25, 0.3) is 0 Å². The van der Waals surface area contributed by atoms with Gasteiger partial charge in [-0.15, -0.1) is 0 Å². The van der Waals surface area contributed by atoms with Gasteiger partial charge in [0.05, 0.1) is 0 Å². The molecule has 0 bridgehead atoms. The molecule has 7 heavy (non-hydrogen) atoms. The van der Waals surface area contributed by atoms with Crippen molar-refractivity contribution in [2.45, 2.75) is 0 Å². The van der Waals surface area contributed by atoms with E-state index in [1.807, 2.05) is 0 Å². The maximum atomic E-state index is 3.56. The summed E-state index contributed by atoms with van der Waals surface area (Å²) in [7, 11) is 0. The second-order valence-electron chi connectivity index (χ2n) is 0.794. The largest absolute Gasteiger partial charge is 0.369 e. The minimum absolute atomic E-state index is 0. The first kappa shape index (κ1) is 5.97. The van der Waals surface area contributed by atoms with Crippen LogP contribution in [-0.4, -0.2) is 15.0 Å². The van der Waals surface area contributed by atoms with Gasteiger partial charge in [-0.05, 0) is 0 Å². The summed E-state index contributed by atoms with van der Waals surface area (Å²) in [6, 6.07) is 0. The van der Waals surface area contributed by atoms with E-state index in [1.165, 1.54) is 19.0 Å². The molecule has 4 N–H and O–H groups in total. The molecule has 0 saturated heterocycles. The van der Waals surface area contributed by atoms with Crippen LogP contribution in [0.2, 0.25) is 0 Å². The number of aromatic nitrogens is 3. The summed E-state index contributed by atoms with van der Waals surface area (Å²) < 4.78 is 0. The summed E-state index contributed by atoms with van der Waals surface area (Å²) in [5.74, 6) is 0. The van der Waals surface area contributed by atoms with Crippen LogP contribution in [-0.2, 0) is 0 Å². The predicted octanol–water partition coefficient (Wildman–Crippen LogP) is 0.248. The lowest BCUT2D eigenvalue weighted by atomic mass is 11.1. The summed E-state index contributed by atoms with van der Waals surface area (Å²) in [5.41, 5.74) is 0. The molecule has 0 atom stereocenters. The van der Waals surface area contributed by atoms with E-state index in [1.54, 1.807) is 0 Å². The third kappa shape index (κ3) is 1.77. The lowest BCUT2D eigenvalue weighted by molar-refractivity contribution is 1.05. The van der Waals surface area contributed by atoms with E-state index in [0.29, 0.717) is 0 Å². The van der Waals surface area contributed by atoms with Gasteiger partial charge in [0.2, 0.25) is 0 Å². The smallest absolute Gasteiger partial charge is 0.119 e. The van der Waals surface area contributed by atoms with Gasteiger partial charge in [-0.3, -0.25) is 0 Å². The monoisotopic (exact) mass is 99.1 g/mol. The van der Waals surface area contributed by atoms with Crippen molar-refractivity contribution >= 4 is 0 Å². The molecule has 0 saturated carbocycles. The predicted molar refractivity (Wildman–Crippen MR) is 25.8 cm³/mol. The molecule has 0 aromatic carbocycles. The number of hydrogen-bond donors (Lipinski definition) is 1. The van der Waals surface area contributed by atoms with Crippen molar-refractivity contribution in [2.24, 2.45) is 0 Å². The highest BCUT2D eigenvalue weighted by atomic mass is 14.9. The van der Waals surface area contributed by atoms with Crippen molar-refractivity contribution in [3.63, 3.8) is 0 Å². The van der Waals surface area contributed by atoms with Gasteiger partial charge < -0.3 is 6.15 Å². The summed E-state index contributed by atoms with van der Waals surface area (Å²) in [6.07, 6.45) is 4.31. The highest BCUT2D eigenvalue weighted by molar-refractivity contribution is 4.51. The van der Waals surface area contributed by atoms with Crippen LogP contribution < -0.4 is 6.15 Å². The third-order valence-electron chi connectivity index (χ3n) is 0.400. The summed E-state index contributed by atoms with van der Waals surface area (Å²) >= 11 is 0. The molecule has 1 aromatic heterocycles. The maximum absolute atomic E-state index is 3.56. The fourth-order valence-corrected chi connectivity index (χ4v) is 0.205. The molecule has 1 rings (SSSR count). The van der Waals surface area contributed by atoms with Crippen LogP contribution in [0, 0.1) is 0 Å². The topological polar surface area (TPSA) is 75.2 Å². The van der Waals surface area contributed by atoms with Gasteiger partial charge in [0, 0.05) is 0 Å². The van der Waals surface area contributed by atoms with E-state index >= 15 is 0 Å². The zero-order valence-electron chi connectivity index (χ0n) is 4.07. The normalized spacial score (nSPS) is 6.86. The second-order valence-corrected chi connectivity index (χ2v) is 0.794. The average molecular weight is 99.1 g/mol. The molecule has 1 aromatic rings. The van der Waals surface area contributed by atoms with E-state index in [2.05, 4.69) is 15.0 Å². The number of nitrogens with zero attached hydrogens (tertiary/aromatic N) is 3. The van der Waals surface area contributed by atoms with Crippen molar-refractivity contribution in [1.82, 2.24) is 21.1 Å². The minimum atomic E-state index is 0. The lowest BCUT2D eigenvalue weighted by Crippen LogP contribution is -1.73. The fraction of sp³-hybridized carbons (Fsp3) is 0. The molecular formula is C3H7N4+. The SMILES string of the molecule is [NH4+].c1ncncn1. The van der Waals surface area contributed by atoms with Gasteiger partial charge in [0.1, 0.15) is 19.0 Å². The van der Waals surface area contributed by atoms with Crippen molar-refractivity contribution in [3.05, 3.63) is 19.0 Å². The lowest BCUT2D eigenvalue weighted by Gasteiger charge is -1.69. The average Bonchev–Trinajstić information content (AvgIpc) is 1.72. The molecule has 4 nitrogen and oxygen atoms in total. The van der Waals surface area contributed by atoms with Crippen LogP contribution in [0.3, 0.4) is 0 Å². The van der Waals surface area contributed by atoms with Crippen LogP contribution >= 0.6 is 0 Å². The first-order valence-electron chi connectivity index (χ1n) is 1.55. The Balaban J connectivity index is 0.000000360. The molecule has 0 aliphatic heterocycles. The zero-order valence-corrected chi connectivity index (χ0v) is 4.07. The van der Waals surface area contributed by atoms with E-state index in [9.17, 15) is 0 Å². The van der Waals surface area contributed by atoms with E-state index in [0.717, 1.165) is 0 Å². The Bertz CT molecular complexity index is 78.9. The van der Waals surface area contributed by atoms with Crippen LogP contribution in [0.25, 0.3) is 0 Å². The summed E-state index contributed by atoms with van der Waals surface area (Å²) in [4.78, 5) is 10.7. The first-order chi connectivity index (χ1) is 3.00. The molecule has 0 aliphatic carbocycles. The van der Waals surface area contributed by atoms with E-state index in [-0.39, 0.29) is 6.15 Å². The van der Waals surface area contributed by atoms with E-state index < -0.39 is 0 Å². The van der Waals surface area contributed by atoms with Crippen molar-refractivity contribution in [3.8, 4) is 0 Å². The molecule has 0 spiro atoms. The van der Waals surface area contributed by atoms with Gasteiger partial charge >= 0.3 is 0 Å². The van der Waals surface area contributed by atoms with Gasteiger partial charge in [-0.2, -0.15) is 0 Å². The molecule has 38 valence electrons. The van der Waals surface area contributed by atoms with Crippen molar-refractivity contribution < 1.29 is 0 Å². The number of quaternary nitrogens is 1. The highest BCUT2D eigenvalue weighted by Crippen LogP contribution is 1.57. The van der Waals surface area contributed by atoms with Crippen molar-refractivity contribution in [2.75, 3.05) is 0 Å². The maximum Gasteiger partial charge on any atom is 0.119 e. The first-order valence-corrected chi connectivity index (χ1v) is 1.55. The number of rotatable bonds is 0. The van der Waals surface area contributed by atoms with E-state index in [4.69, 9.17) is 0 Å². The Morgan fingerprint density at radius 3 is 1.14 bits per heavy atom. The fourth-order valence-electron chi connectivity index (χ4n) is 0.205. The van der Waals surface area contributed by atoms with Crippen LogP contribution in [0.4, 0.5) is 0 Å². The summed E-state index contributed by atoms with van der Waals surface area (Å²) in [6.45, 7) is 0. The Hall–Kier alpha value is -1.03. The third-order valence-corrected chi connectivity index (χ3v) is 0.400. The minimum Gasteiger partial charge on any atom is -0.369 e. The molecule has 0 radical (unpaired) electrons. The standard InChI is InChI=1S/C3H3N3.H3N/c1-4-2-6-3-5-1;/h1-3H;1H3/p+1. The Morgan fingerprint density at radius 1 is 0.714 bits per heavy atom. The zero-order chi connectivity index (χ0) is 4.24. The van der Waals surface area contributed by atoms with Crippen LogP contribution in [0.1, 0.15) is 0 Å². The van der Waals surface area contributed by atoms with Crippen LogP contribution in [0.15, 0.2) is 19.0 Å². The molecule has 4 heteroatoms. The van der Waals surface area contributed by atoms with Crippen LogP contribution in [0.5, 0.6) is 0 Å². The van der Waals surface area contributed by atoms with Crippen molar-refractivity contribution in [1.29, 1.82) is 0 Å². The Labute approximate surface area is 41.2 Å². The molecule has 0 unspecified atom stereocenters. The number of hydrogen-bond acceptors (Lipinski definition) is 3. The Kier molecular flexibility index (Phi) is 2.70. The Morgan fingerprint density at radius 2 is 1.00 bits per heavy atom. The summed E-state index contributed by atoms with van der Waals surface area (Å²) in [5, 5.41) is 0. The second kappa shape index (κ2) is 3.17. The molecular weight excluding hydrogens is 92.1 g/mol. The van der Waals surface area contributed by atoms with Gasteiger partial charge in [-0.25, -0.2) is 15.0 Å². The molecule has 0 aliphatic rings. The quantitative estimate of drug-likeness (QED) is 0.506. The molecule has 1 heterocycles. The molecule has 0 fully saturated rings. The molecule has 0 amide bonds.